The summed E-state index contributed by atoms with van der Waals surface area (Å²) in [6, 6.07) is 7.07. The van der Waals surface area contributed by atoms with E-state index in [1.807, 2.05) is 0 Å². The zero-order chi connectivity index (χ0) is 11.7. The number of ether oxygens (including phenoxy) is 1. The maximum Gasteiger partial charge on any atom is 0.351 e. The molecule has 2 rings (SSSR count). The van der Waals surface area contributed by atoms with Crippen LogP contribution >= 0.6 is 0 Å². The lowest BCUT2D eigenvalue weighted by molar-refractivity contribution is 0.414. The molecule has 0 spiro atoms. The molecule has 2 aromatic rings. The summed E-state index contributed by atoms with van der Waals surface area (Å²) in [5.41, 5.74) is 6.00. The minimum Gasteiger partial charge on any atom is -0.497 e. The molecule has 1 aromatic carbocycles. The minimum absolute atomic E-state index is 0.153. The normalized spacial score (nSPS) is 10.4. The molecule has 0 bridgehead atoms. The van der Waals surface area contributed by atoms with Gasteiger partial charge in [-0.2, -0.15) is 0 Å². The molecule has 0 radical (unpaired) electrons. The number of benzene rings is 1. The lowest BCUT2D eigenvalue weighted by atomic mass is 10.3. The van der Waals surface area contributed by atoms with Crippen molar-refractivity contribution < 1.29 is 4.74 Å². The Morgan fingerprint density at radius 3 is 2.75 bits per heavy atom. The van der Waals surface area contributed by atoms with Gasteiger partial charge >= 0.3 is 5.69 Å². The van der Waals surface area contributed by atoms with Gasteiger partial charge < -0.3 is 10.5 Å². The van der Waals surface area contributed by atoms with E-state index < -0.39 is 0 Å². The number of nitrogen functional groups attached to an aromatic ring is 1. The lowest BCUT2D eigenvalue weighted by Gasteiger charge is -2.04. The average molecular weight is 220 g/mol. The highest BCUT2D eigenvalue weighted by Crippen LogP contribution is 2.16. The fourth-order valence-electron chi connectivity index (χ4n) is 1.48. The van der Waals surface area contributed by atoms with E-state index in [4.69, 9.17) is 10.5 Å². The van der Waals surface area contributed by atoms with E-state index in [2.05, 4.69) is 5.10 Å². The first-order valence-corrected chi connectivity index (χ1v) is 4.69. The predicted molar refractivity (Wildman–Crippen MR) is 59.8 cm³/mol. The van der Waals surface area contributed by atoms with Gasteiger partial charge in [-0.3, -0.25) is 0 Å². The van der Waals surface area contributed by atoms with Gasteiger partial charge in [-0.25, -0.2) is 14.0 Å². The first-order chi connectivity index (χ1) is 7.63. The summed E-state index contributed by atoms with van der Waals surface area (Å²) in [7, 11) is 3.11. The number of aryl methyl sites for hydroxylation is 1. The predicted octanol–water partition coefficient (Wildman–Crippen LogP) is 0.162. The van der Waals surface area contributed by atoms with Gasteiger partial charge in [0.2, 0.25) is 5.95 Å². The van der Waals surface area contributed by atoms with Crippen molar-refractivity contribution >= 4 is 5.95 Å². The summed E-state index contributed by atoms with van der Waals surface area (Å²) in [4.78, 5) is 11.7. The molecule has 16 heavy (non-hydrogen) atoms. The Hall–Kier alpha value is -2.24. The monoisotopic (exact) mass is 220 g/mol. The van der Waals surface area contributed by atoms with E-state index in [-0.39, 0.29) is 11.6 Å². The second-order valence-electron chi connectivity index (χ2n) is 3.30. The van der Waals surface area contributed by atoms with Gasteiger partial charge in [0.15, 0.2) is 0 Å². The summed E-state index contributed by atoms with van der Waals surface area (Å²) in [5.74, 6) is 0.813. The van der Waals surface area contributed by atoms with Crippen molar-refractivity contribution in [3.05, 3.63) is 34.7 Å². The van der Waals surface area contributed by atoms with Crippen molar-refractivity contribution in [3.8, 4) is 11.4 Å². The molecule has 0 aliphatic rings. The summed E-state index contributed by atoms with van der Waals surface area (Å²) < 4.78 is 7.59. The average Bonchev–Trinajstić information content (AvgIpc) is 2.53. The molecule has 0 saturated carbocycles. The quantitative estimate of drug-likeness (QED) is 0.782. The van der Waals surface area contributed by atoms with Crippen LogP contribution in [0.5, 0.6) is 5.75 Å². The highest BCUT2D eigenvalue weighted by Gasteiger charge is 2.10. The number of hydrogen-bond acceptors (Lipinski definition) is 4. The fourth-order valence-corrected chi connectivity index (χ4v) is 1.48. The zero-order valence-corrected chi connectivity index (χ0v) is 9.04. The Balaban J connectivity index is 2.62. The molecule has 2 N–H and O–H groups in total. The van der Waals surface area contributed by atoms with E-state index >= 15 is 0 Å². The molecule has 84 valence electrons. The number of rotatable bonds is 2. The smallest absolute Gasteiger partial charge is 0.351 e. The third kappa shape index (κ3) is 1.54. The van der Waals surface area contributed by atoms with Crippen LogP contribution in [0.2, 0.25) is 0 Å². The molecule has 1 heterocycles. The SMILES string of the molecule is COc1cccc(-n2c(N)nn(C)c2=O)c1. The molecule has 0 saturated heterocycles. The number of nitrogens with zero attached hydrogens (tertiary/aromatic N) is 3. The molecule has 1 aromatic heterocycles. The Morgan fingerprint density at radius 1 is 1.44 bits per heavy atom. The van der Waals surface area contributed by atoms with Crippen LogP contribution in [0.1, 0.15) is 0 Å². The summed E-state index contributed by atoms with van der Waals surface area (Å²) in [5, 5.41) is 3.85. The Labute approximate surface area is 91.9 Å². The highest BCUT2D eigenvalue weighted by atomic mass is 16.5. The van der Waals surface area contributed by atoms with Gasteiger partial charge in [-0.1, -0.05) is 6.07 Å². The third-order valence-electron chi connectivity index (χ3n) is 2.26. The van der Waals surface area contributed by atoms with E-state index in [0.29, 0.717) is 11.4 Å². The van der Waals surface area contributed by atoms with Crippen molar-refractivity contribution in [1.82, 2.24) is 14.3 Å². The molecule has 0 atom stereocenters. The van der Waals surface area contributed by atoms with Gasteiger partial charge in [0, 0.05) is 13.1 Å². The van der Waals surface area contributed by atoms with Gasteiger partial charge in [-0.05, 0) is 12.1 Å². The van der Waals surface area contributed by atoms with Crippen molar-refractivity contribution in [3.63, 3.8) is 0 Å². The Bertz CT molecular complexity index is 570. The van der Waals surface area contributed by atoms with Crippen molar-refractivity contribution in [1.29, 1.82) is 0 Å². The second kappa shape index (κ2) is 3.73. The number of nitrogens with two attached hydrogens (primary N) is 1. The van der Waals surface area contributed by atoms with Crippen LogP contribution in [-0.2, 0) is 7.05 Å². The molecule has 0 aliphatic carbocycles. The van der Waals surface area contributed by atoms with Gasteiger partial charge in [0.1, 0.15) is 5.75 Å². The van der Waals surface area contributed by atoms with Gasteiger partial charge in [0.25, 0.3) is 0 Å². The van der Waals surface area contributed by atoms with Crippen LogP contribution in [0.15, 0.2) is 29.1 Å². The zero-order valence-electron chi connectivity index (χ0n) is 9.04. The van der Waals surface area contributed by atoms with E-state index in [9.17, 15) is 4.79 Å². The van der Waals surface area contributed by atoms with Crippen LogP contribution in [0.25, 0.3) is 5.69 Å². The second-order valence-corrected chi connectivity index (χ2v) is 3.30. The van der Waals surface area contributed by atoms with E-state index in [0.717, 1.165) is 0 Å². The minimum atomic E-state index is -0.286. The number of hydrogen-bond donors (Lipinski definition) is 1. The standard InChI is InChI=1S/C10H12N4O2/c1-13-10(15)14(9(11)12-13)7-4-3-5-8(6-7)16-2/h3-6H,1-2H3,(H2,11,12). The maximum atomic E-state index is 11.7. The first kappa shape index (κ1) is 10.3. The van der Waals surface area contributed by atoms with Crippen LogP contribution < -0.4 is 16.2 Å². The third-order valence-corrected chi connectivity index (χ3v) is 2.26. The summed E-state index contributed by atoms with van der Waals surface area (Å²) in [6.07, 6.45) is 0. The van der Waals surface area contributed by atoms with Gasteiger partial charge in [-0.15, -0.1) is 5.10 Å². The molecular formula is C10H12N4O2. The Morgan fingerprint density at radius 2 is 2.19 bits per heavy atom. The topological polar surface area (TPSA) is 75.1 Å². The van der Waals surface area contributed by atoms with E-state index in [1.54, 1.807) is 38.4 Å². The van der Waals surface area contributed by atoms with E-state index in [1.165, 1.54) is 9.25 Å². The maximum absolute atomic E-state index is 11.7. The largest absolute Gasteiger partial charge is 0.497 e. The molecule has 0 fully saturated rings. The van der Waals surface area contributed by atoms with Crippen molar-refractivity contribution in [2.75, 3.05) is 12.8 Å². The molecule has 6 heteroatoms. The van der Waals surface area contributed by atoms with Crippen LogP contribution in [0.3, 0.4) is 0 Å². The van der Waals surface area contributed by atoms with Gasteiger partial charge in [0.05, 0.1) is 12.8 Å². The van der Waals surface area contributed by atoms with Crippen molar-refractivity contribution in [2.45, 2.75) is 0 Å². The molecule has 0 unspecified atom stereocenters. The fraction of sp³-hybridized carbons (Fsp3) is 0.200. The number of methoxy groups -OCH3 is 1. The first-order valence-electron chi connectivity index (χ1n) is 4.69. The highest BCUT2D eigenvalue weighted by molar-refractivity contribution is 5.43. The molecule has 6 nitrogen and oxygen atoms in total. The Kier molecular flexibility index (Phi) is 2.40. The van der Waals surface area contributed by atoms with Crippen LogP contribution in [0, 0.1) is 0 Å². The van der Waals surface area contributed by atoms with Crippen LogP contribution in [-0.4, -0.2) is 21.5 Å². The van der Waals surface area contributed by atoms with Crippen LogP contribution in [0.4, 0.5) is 5.95 Å². The molecular weight excluding hydrogens is 208 g/mol. The molecule has 0 aliphatic heterocycles. The number of aromatic nitrogens is 3. The summed E-state index contributed by atoms with van der Waals surface area (Å²) in [6.45, 7) is 0. The van der Waals surface area contributed by atoms with Crippen molar-refractivity contribution in [2.24, 2.45) is 7.05 Å². The molecule has 0 amide bonds. The lowest BCUT2D eigenvalue weighted by Crippen LogP contribution is -2.21. The summed E-state index contributed by atoms with van der Waals surface area (Å²) >= 11 is 0. The number of anilines is 1.